The molecule has 0 unspecified atom stereocenters. The largest absolute Gasteiger partial charge is 0.349 e. The Morgan fingerprint density at radius 2 is 1.58 bits per heavy atom. The molecule has 0 N–H and O–H groups in total. The number of amides is 1. The van der Waals surface area contributed by atoms with Gasteiger partial charge in [0.25, 0.3) is 0 Å². The molecule has 0 saturated carbocycles. The van der Waals surface area contributed by atoms with Gasteiger partial charge in [0.2, 0.25) is 5.91 Å². The van der Waals surface area contributed by atoms with Gasteiger partial charge in [0, 0.05) is 19.7 Å². The minimum absolute atomic E-state index is 0.00351. The number of hydrogen-bond acceptors (Lipinski definition) is 1. The highest BCUT2D eigenvalue weighted by Gasteiger charge is 2.12. The van der Waals surface area contributed by atoms with Crippen molar-refractivity contribution in [3.63, 3.8) is 0 Å². The fraction of sp³-hybridized carbons (Fsp3) is 0.188. The molecule has 0 aliphatic carbocycles. The molecule has 0 saturated heterocycles. The van der Waals surface area contributed by atoms with Crippen LogP contribution in [0.4, 0.5) is 4.39 Å². The first-order valence-electron chi connectivity index (χ1n) is 6.12. The Morgan fingerprint density at radius 1 is 1.00 bits per heavy atom. The Labute approximate surface area is 112 Å². The van der Waals surface area contributed by atoms with Crippen molar-refractivity contribution in [1.29, 1.82) is 0 Å². The van der Waals surface area contributed by atoms with E-state index < -0.39 is 0 Å². The van der Waals surface area contributed by atoms with Gasteiger partial charge < -0.3 is 4.90 Å². The first-order valence-corrected chi connectivity index (χ1v) is 6.12. The lowest BCUT2D eigenvalue weighted by molar-refractivity contribution is -0.127. The van der Waals surface area contributed by atoms with Crippen LogP contribution in [0.25, 0.3) is 11.1 Å². The Bertz CT molecular complexity index is 593. The fourth-order valence-electron chi connectivity index (χ4n) is 1.94. The molecule has 0 spiro atoms. The second kappa shape index (κ2) is 5.65. The fourth-order valence-corrected chi connectivity index (χ4v) is 1.94. The molecule has 0 aromatic heterocycles. The molecule has 0 atom stereocenters. The number of carbonyl (C=O) groups is 1. The maximum atomic E-state index is 13.9. The summed E-state index contributed by atoms with van der Waals surface area (Å²) >= 11 is 0. The van der Waals surface area contributed by atoms with E-state index in [0.29, 0.717) is 5.56 Å². The summed E-state index contributed by atoms with van der Waals surface area (Å²) < 4.78 is 13.9. The zero-order valence-electron chi connectivity index (χ0n) is 11.1. The van der Waals surface area contributed by atoms with E-state index in [9.17, 15) is 9.18 Å². The second-order valence-corrected chi connectivity index (χ2v) is 4.60. The third-order valence-corrected chi connectivity index (χ3v) is 3.02. The van der Waals surface area contributed by atoms with Crippen LogP contribution in [0.15, 0.2) is 48.5 Å². The summed E-state index contributed by atoms with van der Waals surface area (Å²) in [6.07, 6.45) is 0.275. The lowest BCUT2D eigenvalue weighted by atomic mass is 9.97. The van der Waals surface area contributed by atoms with Crippen molar-refractivity contribution in [2.75, 3.05) is 14.1 Å². The Morgan fingerprint density at radius 3 is 2.21 bits per heavy atom. The van der Waals surface area contributed by atoms with Crippen LogP contribution in [-0.4, -0.2) is 24.9 Å². The molecule has 19 heavy (non-hydrogen) atoms. The second-order valence-electron chi connectivity index (χ2n) is 4.60. The van der Waals surface area contributed by atoms with Gasteiger partial charge in [0.1, 0.15) is 5.82 Å². The molecule has 1 amide bonds. The van der Waals surface area contributed by atoms with Crippen LogP contribution >= 0.6 is 0 Å². The number of hydrogen-bond donors (Lipinski definition) is 0. The summed E-state index contributed by atoms with van der Waals surface area (Å²) in [5.74, 6) is -0.268. The van der Waals surface area contributed by atoms with E-state index in [1.165, 1.54) is 11.0 Å². The van der Waals surface area contributed by atoms with E-state index in [4.69, 9.17) is 0 Å². The molecular weight excluding hydrogens is 241 g/mol. The van der Waals surface area contributed by atoms with Crippen LogP contribution in [0, 0.1) is 5.82 Å². The van der Waals surface area contributed by atoms with E-state index in [0.717, 1.165) is 11.1 Å². The van der Waals surface area contributed by atoms with Gasteiger partial charge in [-0.3, -0.25) is 4.79 Å². The molecule has 0 heterocycles. The summed E-state index contributed by atoms with van der Waals surface area (Å²) in [5, 5.41) is 0. The molecule has 0 aliphatic heterocycles. The summed E-state index contributed by atoms with van der Waals surface area (Å²) in [7, 11) is 3.43. The van der Waals surface area contributed by atoms with E-state index >= 15 is 0 Å². The third kappa shape index (κ3) is 2.99. The van der Waals surface area contributed by atoms with Crippen molar-refractivity contribution in [3.8, 4) is 11.1 Å². The van der Waals surface area contributed by atoms with Crippen molar-refractivity contribution in [3.05, 3.63) is 59.9 Å². The Hall–Kier alpha value is -2.16. The Balaban J connectivity index is 2.42. The van der Waals surface area contributed by atoms with Crippen LogP contribution < -0.4 is 0 Å². The molecule has 98 valence electrons. The number of rotatable bonds is 3. The number of halogens is 1. The zero-order valence-corrected chi connectivity index (χ0v) is 11.1. The maximum Gasteiger partial charge on any atom is 0.226 e. The highest BCUT2D eigenvalue weighted by atomic mass is 19.1. The number of nitrogens with zero attached hydrogens (tertiary/aromatic N) is 1. The topological polar surface area (TPSA) is 20.3 Å². The summed E-state index contributed by atoms with van der Waals surface area (Å²) in [5.41, 5.74) is 2.15. The number of benzene rings is 2. The van der Waals surface area contributed by atoms with Crippen LogP contribution in [0.2, 0.25) is 0 Å². The van der Waals surface area contributed by atoms with Crippen molar-refractivity contribution < 1.29 is 9.18 Å². The zero-order chi connectivity index (χ0) is 13.8. The SMILES string of the molecule is CN(C)C(=O)Cc1ccccc1-c1ccccc1F. The van der Waals surface area contributed by atoms with Gasteiger partial charge in [-0.25, -0.2) is 4.39 Å². The quantitative estimate of drug-likeness (QED) is 0.827. The van der Waals surface area contributed by atoms with Crippen molar-refractivity contribution in [2.45, 2.75) is 6.42 Å². The molecule has 2 aromatic carbocycles. The molecule has 2 aromatic rings. The lowest BCUT2D eigenvalue weighted by Gasteiger charge is -2.13. The Kier molecular flexibility index (Phi) is 3.95. The van der Waals surface area contributed by atoms with Crippen molar-refractivity contribution in [2.24, 2.45) is 0 Å². The van der Waals surface area contributed by atoms with Crippen LogP contribution in [0.1, 0.15) is 5.56 Å². The first kappa shape index (κ1) is 13.3. The van der Waals surface area contributed by atoms with E-state index in [1.54, 1.807) is 32.3 Å². The molecular formula is C16H16FNO. The van der Waals surface area contributed by atoms with E-state index in [-0.39, 0.29) is 18.1 Å². The van der Waals surface area contributed by atoms with Gasteiger partial charge in [0.15, 0.2) is 0 Å². The van der Waals surface area contributed by atoms with Crippen molar-refractivity contribution in [1.82, 2.24) is 4.90 Å². The average Bonchev–Trinajstić information content (AvgIpc) is 2.40. The maximum absolute atomic E-state index is 13.9. The van der Waals surface area contributed by atoms with Gasteiger partial charge in [0.05, 0.1) is 6.42 Å². The number of likely N-dealkylation sites (N-methyl/N-ethyl adjacent to an activating group) is 1. The molecule has 0 aliphatic rings. The molecule has 2 rings (SSSR count). The summed E-state index contributed by atoms with van der Waals surface area (Å²) in [4.78, 5) is 13.4. The normalized spacial score (nSPS) is 10.3. The molecule has 0 fully saturated rings. The standard InChI is InChI=1S/C16H16FNO/c1-18(2)16(19)11-12-7-3-4-8-13(12)14-9-5-6-10-15(14)17/h3-10H,11H2,1-2H3. The molecule has 0 bridgehead atoms. The van der Waals surface area contributed by atoms with Crippen LogP contribution in [-0.2, 0) is 11.2 Å². The monoisotopic (exact) mass is 257 g/mol. The molecule has 0 radical (unpaired) electrons. The van der Waals surface area contributed by atoms with Crippen LogP contribution in [0.3, 0.4) is 0 Å². The van der Waals surface area contributed by atoms with Gasteiger partial charge in [-0.05, 0) is 17.2 Å². The van der Waals surface area contributed by atoms with E-state index in [1.807, 2.05) is 24.3 Å². The van der Waals surface area contributed by atoms with Gasteiger partial charge in [-0.2, -0.15) is 0 Å². The van der Waals surface area contributed by atoms with Crippen molar-refractivity contribution >= 4 is 5.91 Å². The molecule has 2 nitrogen and oxygen atoms in total. The minimum atomic E-state index is -0.271. The molecule has 3 heteroatoms. The van der Waals surface area contributed by atoms with E-state index in [2.05, 4.69) is 0 Å². The summed E-state index contributed by atoms with van der Waals surface area (Å²) in [6.45, 7) is 0. The predicted octanol–water partition coefficient (Wildman–Crippen LogP) is 3.12. The first-order chi connectivity index (χ1) is 9.09. The summed E-state index contributed by atoms with van der Waals surface area (Å²) in [6, 6.07) is 14.0. The number of carbonyl (C=O) groups excluding carboxylic acids is 1. The highest BCUT2D eigenvalue weighted by molar-refractivity contribution is 5.81. The highest BCUT2D eigenvalue weighted by Crippen LogP contribution is 2.26. The smallest absolute Gasteiger partial charge is 0.226 e. The average molecular weight is 257 g/mol. The predicted molar refractivity (Wildman–Crippen MR) is 74.2 cm³/mol. The lowest BCUT2D eigenvalue weighted by Crippen LogP contribution is -2.23. The third-order valence-electron chi connectivity index (χ3n) is 3.02. The van der Waals surface area contributed by atoms with Crippen LogP contribution in [0.5, 0.6) is 0 Å². The minimum Gasteiger partial charge on any atom is -0.349 e. The van der Waals surface area contributed by atoms with Gasteiger partial charge in [-0.1, -0.05) is 42.5 Å². The van der Waals surface area contributed by atoms with Gasteiger partial charge in [-0.15, -0.1) is 0 Å². The van der Waals surface area contributed by atoms with Gasteiger partial charge >= 0.3 is 0 Å².